The Kier molecular flexibility index (Phi) is 5.29. The minimum atomic E-state index is -0.105. The molecule has 0 radical (unpaired) electrons. The zero-order valence-electron chi connectivity index (χ0n) is 17.0. The summed E-state index contributed by atoms with van der Waals surface area (Å²) in [6.07, 6.45) is 5.27. The van der Waals surface area contributed by atoms with Gasteiger partial charge in [0.2, 0.25) is 11.9 Å². The van der Waals surface area contributed by atoms with Crippen LogP contribution in [-0.4, -0.2) is 47.0 Å². The number of aromatic amines is 1. The highest BCUT2D eigenvalue weighted by atomic mass is 32.1. The summed E-state index contributed by atoms with van der Waals surface area (Å²) in [5.74, 6) is 0.830. The van der Waals surface area contributed by atoms with Gasteiger partial charge in [-0.2, -0.15) is 0 Å². The third-order valence-electron chi connectivity index (χ3n) is 6.24. The molecular formula is C23H26N4O2S. The highest BCUT2D eigenvalue weighted by Gasteiger charge is 2.31. The fourth-order valence-electron chi connectivity index (χ4n) is 4.63. The second-order valence-electron chi connectivity index (χ2n) is 8.25. The molecule has 156 valence electrons. The minimum absolute atomic E-state index is 0.0195. The van der Waals surface area contributed by atoms with Crippen molar-refractivity contribution < 1.29 is 4.79 Å². The molecule has 6 nitrogen and oxygen atoms in total. The van der Waals surface area contributed by atoms with Gasteiger partial charge in [0.15, 0.2) is 0 Å². The van der Waals surface area contributed by atoms with E-state index in [4.69, 9.17) is 4.98 Å². The number of hydrogen-bond donors (Lipinski definition) is 1. The topological polar surface area (TPSA) is 69.3 Å². The van der Waals surface area contributed by atoms with Crippen LogP contribution >= 0.6 is 11.3 Å². The Balaban J connectivity index is 1.44. The van der Waals surface area contributed by atoms with E-state index in [0.29, 0.717) is 17.2 Å². The Morgan fingerprint density at radius 2 is 1.87 bits per heavy atom. The normalized spacial score (nSPS) is 19.9. The number of nitrogens with zero attached hydrogens (tertiary/aromatic N) is 3. The lowest BCUT2D eigenvalue weighted by Crippen LogP contribution is -2.47. The van der Waals surface area contributed by atoms with E-state index < -0.39 is 0 Å². The van der Waals surface area contributed by atoms with Gasteiger partial charge in [0.1, 0.15) is 4.70 Å². The van der Waals surface area contributed by atoms with Crippen LogP contribution in [0.1, 0.15) is 32.1 Å². The first kappa shape index (κ1) is 19.3. The molecule has 4 heterocycles. The van der Waals surface area contributed by atoms with Crippen LogP contribution in [0.3, 0.4) is 0 Å². The molecule has 1 N–H and O–H groups in total. The van der Waals surface area contributed by atoms with Crippen LogP contribution < -0.4 is 10.5 Å². The number of amides is 1. The lowest BCUT2D eigenvalue weighted by Gasteiger charge is -2.36. The predicted molar refractivity (Wildman–Crippen MR) is 121 cm³/mol. The van der Waals surface area contributed by atoms with Crippen molar-refractivity contribution in [3.8, 4) is 11.1 Å². The number of H-pyrrole nitrogens is 1. The first-order valence-electron chi connectivity index (χ1n) is 10.8. The van der Waals surface area contributed by atoms with Gasteiger partial charge in [-0.3, -0.25) is 14.6 Å². The SMILES string of the molecule is O=C([C@H]1CCCN(c2nc3c(-c4ccccc4)csc3c(=O)[nH]2)C1)N1CCCCC1. The first-order chi connectivity index (χ1) is 14.7. The van der Waals surface area contributed by atoms with Crippen molar-refractivity contribution >= 4 is 33.4 Å². The number of nitrogens with one attached hydrogen (secondary N) is 1. The van der Waals surface area contributed by atoms with Crippen LogP contribution in [0, 0.1) is 5.92 Å². The smallest absolute Gasteiger partial charge is 0.270 e. The predicted octanol–water partition coefficient (Wildman–Crippen LogP) is 3.88. The van der Waals surface area contributed by atoms with Crippen LogP contribution in [0.5, 0.6) is 0 Å². The molecule has 0 bridgehead atoms. The third kappa shape index (κ3) is 3.62. The van der Waals surface area contributed by atoms with E-state index in [1.54, 1.807) is 0 Å². The van der Waals surface area contributed by atoms with E-state index in [-0.39, 0.29) is 17.4 Å². The molecule has 2 aliphatic heterocycles. The van der Waals surface area contributed by atoms with Gasteiger partial charge in [-0.1, -0.05) is 30.3 Å². The van der Waals surface area contributed by atoms with Gasteiger partial charge in [0.25, 0.3) is 5.56 Å². The molecule has 1 atom stereocenters. The van der Waals surface area contributed by atoms with Crippen LogP contribution in [0.4, 0.5) is 5.95 Å². The summed E-state index contributed by atoms with van der Waals surface area (Å²) in [7, 11) is 0. The number of thiophene rings is 1. The molecule has 0 unspecified atom stereocenters. The minimum Gasteiger partial charge on any atom is -0.342 e. The highest BCUT2D eigenvalue weighted by molar-refractivity contribution is 7.17. The zero-order valence-corrected chi connectivity index (χ0v) is 17.8. The van der Waals surface area contributed by atoms with Gasteiger partial charge in [-0.25, -0.2) is 4.98 Å². The Labute approximate surface area is 179 Å². The van der Waals surface area contributed by atoms with E-state index in [1.165, 1.54) is 17.8 Å². The van der Waals surface area contributed by atoms with E-state index in [0.717, 1.165) is 62.0 Å². The average Bonchev–Trinajstić information content (AvgIpc) is 3.24. The van der Waals surface area contributed by atoms with Crippen molar-refractivity contribution in [2.24, 2.45) is 5.92 Å². The van der Waals surface area contributed by atoms with Gasteiger partial charge in [0, 0.05) is 37.1 Å². The molecule has 7 heteroatoms. The zero-order chi connectivity index (χ0) is 20.5. The van der Waals surface area contributed by atoms with Crippen LogP contribution in [-0.2, 0) is 4.79 Å². The lowest BCUT2D eigenvalue weighted by molar-refractivity contribution is -0.136. The summed E-state index contributed by atoms with van der Waals surface area (Å²) in [5.41, 5.74) is 2.69. The Morgan fingerprint density at radius 3 is 2.67 bits per heavy atom. The van der Waals surface area contributed by atoms with E-state index in [9.17, 15) is 9.59 Å². The van der Waals surface area contributed by atoms with E-state index in [1.807, 2.05) is 40.6 Å². The van der Waals surface area contributed by atoms with Gasteiger partial charge >= 0.3 is 0 Å². The third-order valence-corrected chi connectivity index (χ3v) is 7.20. The van der Waals surface area contributed by atoms with Gasteiger partial charge in [-0.05, 0) is 37.7 Å². The van der Waals surface area contributed by atoms with Crippen LogP contribution in [0.15, 0.2) is 40.5 Å². The molecule has 5 rings (SSSR count). The molecule has 2 saturated heterocycles. The standard InChI is InChI=1S/C23H26N4O2S/c28-21-20-19(18(15-30-20)16-8-3-1-4-9-16)24-23(25-21)27-13-7-10-17(14-27)22(29)26-11-5-2-6-12-26/h1,3-4,8-9,15,17H,2,5-7,10-14H2,(H,24,25,28)/t17-/m0/s1. The molecule has 2 aliphatic rings. The largest absolute Gasteiger partial charge is 0.342 e. The average molecular weight is 423 g/mol. The molecule has 0 saturated carbocycles. The van der Waals surface area contributed by atoms with Crippen molar-refractivity contribution in [1.29, 1.82) is 0 Å². The summed E-state index contributed by atoms with van der Waals surface area (Å²) < 4.78 is 0.649. The quantitative estimate of drug-likeness (QED) is 0.695. The number of hydrogen-bond acceptors (Lipinski definition) is 5. The molecule has 0 spiro atoms. The molecule has 1 aromatic carbocycles. The molecule has 3 aromatic rings. The summed E-state index contributed by atoms with van der Waals surface area (Å²) in [6, 6.07) is 10.1. The fraction of sp³-hybridized carbons (Fsp3) is 0.435. The monoisotopic (exact) mass is 422 g/mol. The molecule has 0 aliphatic carbocycles. The number of carbonyl (C=O) groups is 1. The van der Waals surface area contributed by atoms with Gasteiger partial charge < -0.3 is 9.80 Å². The number of anilines is 1. The number of carbonyl (C=O) groups excluding carboxylic acids is 1. The lowest BCUT2D eigenvalue weighted by atomic mass is 9.95. The number of benzene rings is 1. The van der Waals surface area contributed by atoms with Crippen molar-refractivity contribution in [2.75, 3.05) is 31.1 Å². The van der Waals surface area contributed by atoms with Gasteiger partial charge in [0.05, 0.1) is 11.4 Å². The number of piperidine rings is 2. The maximum absolute atomic E-state index is 13.0. The molecule has 1 amide bonds. The van der Waals surface area contributed by atoms with Crippen molar-refractivity contribution in [3.05, 3.63) is 46.1 Å². The maximum atomic E-state index is 13.0. The molecular weight excluding hydrogens is 396 g/mol. The maximum Gasteiger partial charge on any atom is 0.270 e. The van der Waals surface area contributed by atoms with Crippen molar-refractivity contribution in [3.63, 3.8) is 0 Å². The first-order valence-corrected chi connectivity index (χ1v) is 11.7. The number of likely N-dealkylation sites (tertiary alicyclic amines) is 1. The van der Waals surface area contributed by atoms with Crippen molar-refractivity contribution in [1.82, 2.24) is 14.9 Å². The summed E-state index contributed by atoms with van der Waals surface area (Å²) in [4.78, 5) is 37.7. The van der Waals surface area contributed by atoms with E-state index >= 15 is 0 Å². The molecule has 2 fully saturated rings. The van der Waals surface area contributed by atoms with Gasteiger partial charge in [-0.15, -0.1) is 11.3 Å². The number of fused-ring (bicyclic) bond motifs is 1. The van der Waals surface area contributed by atoms with Crippen LogP contribution in [0.25, 0.3) is 21.3 Å². The summed E-state index contributed by atoms with van der Waals surface area (Å²) in [6.45, 7) is 3.19. The van der Waals surface area contributed by atoms with Crippen molar-refractivity contribution in [2.45, 2.75) is 32.1 Å². The summed E-state index contributed by atoms with van der Waals surface area (Å²) in [5, 5.41) is 2.00. The fourth-order valence-corrected chi connectivity index (χ4v) is 5.54. The van der Waals surface area contributed by atoms with E-state index in [2.05, 4.69) is 9.88 Å². The Morgan fingerprint density at radius 1 is 1.07 bits per heavy atom. The molecule has 30 heavy (non-hydrogen) atoms. The second-order valence-corrected chi connectivity index (χ2v) is 9.13. The number of rotatable bonds is 3. The summed E-state index contributed by atoms with van der Waals surface area (Å²) >= 11 is 1.43. The van der Waals surface area contributed by atoms with Crippen LogP contribution in [0.2, 0.25) is 0 Å². The highest BCUT2D eigenvalue weighted by Crippen LogP contribution is 2.32. The Hall–Kier alpha value is -2.67. The number of aromatic nitrogens is 2. The second kappa shape index (κ2) is 8.22. The molecule has 2 aromatic heterocycles. The Bertz CT molecular complexity index is 1100.